The predicted octanol–water partition coefficient (Wildman–Crippen LogP) is 1.06. The van der Waals surface area contributed by atoms with Gasteiger partial charge in [0.15, 0.2) is 0 Å². The van der Waals surface area contributed by atoms with Crippen LogP contribution in [0.4, 0.5) is 0 Å². The minimum atomic E-state index is -2.72. The summed E-state index contributed by atoms with van der Waals surface area (Å²) in [6.45, 7) is 2.00. The van der Waals surface area contributed by atoms with Crippen molar-refractivity contribution >= 4 is 184 Å². The van der Waals surface area contributed by atoms with E-state index >= 15 is 0 Å². The number of ether oxygens (including phenoxy) is 1. The molecular formula is C13H39Cl4Li3OSe7Si2. The van der Waals surface area contributed by atoms with Crippen LogP contribution in [0.5, 0.6) is 0 Å². The van der Waals surface area contributed by atoms with Gasteiger partial charge in [0.1, 0.15) is 0 Å². The summed E-state index contributed by atoms with van der Waals surface area (Å²) >= 11 is 30.2. The van der Waals surface area contributed by atoms with Gasteiger partial charge in [0.25, 0.3) is 0 Å². The van der Waals surface area contributed by atoms with Crippen molar-refractivity contribution in [3.63, 3.8) is 0 Å². The Labute approximate surface area is 285 Å². The summed E-state index contributed by atoms with van der Waals surface area (Å²) in [7, 11) is 0. The van der Waals surface area contributed by atoms with Crippen molar-refractivity contribution in [2.45, 2.75) is 62.6 Å². The fourth-order valence-electron chi connectivity index (χ4n) is 1.01. The second-order valence-electron chi connectivity index (χ2n) is 3.88. The van der Waals surface area contributed by atoms with Crippen LogP contribution in [0.25, 0.3) is 0 Å². The first-order chi connectivity index (χ1) is 11.6. The molecule has 0 unspecified atom stereocenters. The SMILES string of the molecule is C.C.C1CCOC1.C[Se][Si]([Se]C)([Se]C)[Se]C.Cl[Si](Cl)(Cl)Cl.[CH3-].[Li+].[Li][Se]C.[Li][Se]C.[SeH2]. The van der Waals surface area contributed by atoms with Crippen LogP contribution >= 0.6 is 44.3 Å². The molecule has 30 heavy (non-hydrogen) atoms. The molecule has 0 N–H and O–H groups in total. The molecule has 178 valence electrons. The van der Waals surface area contributed by atoms with Crippen LogP contribution in [0.2, 0.25) is 34.9 Å². The molecule has 0 aromatic heterocycles. The molecule has 0 saturated carbocycles. The van der Waals surface area contributed by atoms with Crippen LogP contribution in [-0.2, 0) is 4.74 Å². The Morgan fingerprint density at radius 3 is 0.900 bits per heavy atom. The molecule has 0 aromatic carbocycles. The van der Waals surface area contributed by atoms with Crippen molar-refractivity contribution in [2.75, 3.05) is 13.2 Å². The topological polar surface area (TPSA) is 9.23 Å². The van der Waals surface area contributed by atoms with Crippen molar-refractivity contribution in [2.24, 2.45) is 0 Å². The first-order valence-corrected chi connectivity index (χ1v) is 38.6. The van der Waals surface area contributed by atoms with Gasteiger partial charge in [0.2, 0.25) is 0 Å². The number of hydrogen-bond donors (Lipinski definition) is 0. The van der Waals surface area contributed by atoms with Gasteiger partial charge in [-0.3, -0.25) is 0 Å². The number of hydrogen-bond acceptors (Lipinski definition) is 1. The fraction of sp³-hybridized carbons (Fsp3) is 0.923. The van der Waals surface area contributed by atoms with E-state index in [1.807, 2.05) is 0 Å². The van der Waals surface area contributed by atoms with E-state index in [1.54, 1.807) is 0 Å². The zero-order chi connectivity index (χ0) is 20.8. The summed E-state index contributed by atoms with van der Waals surface area (Å²) in [6, 6.07) is 0. The average Bonchev–Trinajstić information content (AvgIpc) is 3.10. The van der Waals surface area contributed by atoms with Crippen molar-refractivity contribution in [1.82, 2.24) is 0 Å². The number of rotatable bonds is 4. The monoisotopic (exact) mass is 988 g/mol. The molecule has 1 nitrogen and oxygen atoms in total. The molecule has 1 aliphatic heterocycles. The Bertz CT molecular complexity index is 220. The third-order valence-corrected chi connectivity index (χ3v) is 81.8. The standard InChI is InChI=1S/C4H8O.C4H12Se4Si.2CH4Se.2CH4.CH3.Cl4Si.3Li.H2Se/c1-2-4-5-3-1;1-5-9(6-2,7-3)8-4;2*1-2;;;;1-5(2,3)4;;;;/h1-4H2;1-4H3;2*2H,1H3;2*1H4;1H3;;;;;1H2/q;;;;;;-1;;3*+1;/p-2. The Balaban J connectivity index is -0.0000000267. The summed E-state index contributed by atoms with van der Waals surface area (Å²) in [6.07, 6.45) is 2.56. The molecule has 0 spiro atoms. The molecule has 1 rings (SSSR count). The van der Waals surface area contributed by atoms with Gasteiger partial charge in [-0.05, 0) is 12.8 Å². The van der Waals surface area contributed by atoms with Gasteiger partial charge >= 0.3 is 193 Å². The van der Waals surface area contributed by atoms with E-state index in [-0.39, 0.29) is 58.2 Å². The zero-order valence-electron chi connectivity index (χ0n) is 18.7. The molecule has 0 aliphatic carbocycles. The van der Waals surface area contributed by atoms with Crippen LogP contribution in [0.3, 0.4) is 0 Å². The van der Waals surface area contributed by atoms with Crippen molar-refractivity contribution in [3.05, 3.63) is 7.43 Å². The van der Waals surface area contributed by atoms with E-state index in [4.69, 9.17) is 49.1 Å². The molecule has 1 fully saturated rings. The molecule has 0 atom stereocenters. The molecule has 0 aromatic rings. The van der Waals surface area contributed by atoms with Crippen molar-refractivity contribution in [1.29, 1.82) is 0 Å². The Kier molecular flexibility index (Phi) is 99.8. The predicted molar refractivity (Wildman–Crippen MR) is 165 cm³/mol. The Hall–Kier alpha value is 6.98. The van der Waals surface area contributed by atoms with Gasteiger partial charge in [-0.15, -0.1) is 44.3 Å². The van der Waals surface area contributed by atoms with E-state index < -0.39 is 7.81 Å². The summed E-state index contributed by atoms with van der Waals surface area (Å²) < 4.78 is 4.50. The van der Waals surface area contributed by atoms with E-state index in [1.165, 1.54) is 12.8 Å². The van der Waals surface area contributed by atoms with Gasteiger partial charge in [0.05, 0.1) is 0 Å². The maximum atomic E-state index is 4.97. The summed E-state index contributed by atoms with van der Waals surface area (Å²) in [5.74, 6) is 14.3. The molecule has 1 saturated heterocycles. The second-order valence-corrected chi connectivity index (χ2v) is 70.4. The van der Waals surface area contributed by atoms with Crippen molar-refractivity contribution in [3.8, 4) is 0 Å². The number of halogens is 4. The third-order valence-electron chi connectivity index (χ3n) is 1.83. The van der Waals surface area contributed by atoms with Crippen LogP contribution in [0.1, 0.15) is 27.7 Å². The van der Waals surface area contributed by atoms with Crippen molar-refractivity contribution < 1.29 is 23.6 Å². The van der Waals surface area contributed by atoms with Gasteiger partial charge in [-0.25, -0.2) is 0 Å². The summed E-state index contributed by atoms with van der Waals surface area (Å²) in [5.41, 5.74) is 0. The van der Waals surface area contributed by atoms with Gasteiger partial charge in [-0.2, -0.15) is 0 Å². The first kappa shape index (κ1) is 61.2. The van der Waals surface area contributed by atoms with Gasteiger partial charge < -0.3 is 12.2 Å². The van der Waals surface area contributed by atoms with E-state index in [2.05, 4.69) is 66.5 Å². The van der Waals surface area contributed by atoms with Crippen LogP contribution < -0.4 is 18.9 Å². The molecule has 0 radical (unpaired) electrons. The van der Waals surface area contributed by atoms with Gasteiger partial charge in [0, 0.05) is 13.2 Å². The second kappa shape index (κ2) is 49.0. The van der Waals surface area contributed by atoms with E-state index in [0.717, 1.165) is 96.0 Å². The molecule has 1 aliphatic rings. The normalized spacial score (nSPS) is 10.9. The summed E-state index contributed by atoms with van der Waals surface area (Å²) in [5, 5.41) is -2.72. The van der Waals surface area contributed by atoms with Crippen LogP contribution in [0, 0.1) is 7.43 Å². The average molecular weight is 983 g/mol. The maximum absolute atomic E-state index is 4.97. The zero-order valence-corrected chi connectivity index (χ0v) is 36.1. The van der Waals surface area contributed by atoms with Gasteiger partial charge in [-0.1, -0.05) is 14.9 Å². The van der Waals surface area contributed by atoms with Crippen LogP contribution in [-0.4, -0.2) is 152 Å². The molecular weight excluding hydrogens is 944 g/mol. The molecule has 0 amide bonds. The first-order valence-electron chi connectivity index (χ1n) is 6.92. The van der Waals surface area contributed by atoms with Crippen LogP contribution in [0.15, 0.2) is 0 Å². The third kappa shape index (κ3) is 70.2. The quantitative estimate of drug-likeness (QED) is 0.233. The molecule has 1 heterocycles. The Morgan fingerprint density at radius 2 is 0.867 bits per heavy atom. The van der Waals surface area contributed by atoms with E-state index in [9.17, 15) is 0 Å². The van der Waals surface area contributed by atoms with E-state index in [0.29, 0.717) is 0 Å². The Morgan fingerprint density at radius 1 is 0.700 bits per heavy atom. The molecule has 0 bridgehead atoms. The molecule has 17 heteroatoms. The minimum absolute atomic E-state index is 0. The summed E-state index contributed by atoms with van der Waals surface area (Å²) in [4.78, 5) is 0. The fourth-order valence-corrected chi connectivity index (χ4v) is 41.0.